The molecule has 4 heteroatoms. The molecule has 0 amide bonds. The van der Waals surface area contributed by atoms with E-state index in [-0.39, 0.29) is 0 Å². The molecule has 0 spiro atoms. The maximum atomic E-state index is 8.68. The van der Waals surface area contributed by atoms with Gasteiger partial charge < -0.3 is 4.90 Å². The van der Waals surface area contributed by atoms with Gasteiger partial charge in [0.2, 0.25) is 0 Å². The fraction of sp³-hybridized carbons (Fsp3) is 0.375. The van der Waals surface area contributed by atoms with Crippen molar-refractivity contribution in [1.82, 2.24) is 9.97 Å². The van der Waals surface area contributed by atoms with Crippen LogP contribution < -0.4 is 4.90 Å². The first kappa shape index (κ1) is 8.47. The normalized spacial score (nSPS) is 9.08. The van der Waals surface area contributed by atoms with E-state index in [1.54, 1.807) is 6.20 Å². The Hall–Kier alpha value is -1.63. The lowest BCUT2D eigenvalue weighted by atomic mass is 10.4. The standard InChI is InChI=1S/C8H10N4/c1-3-12(2)8-7(6-9)10-4-5-11-8/h4-5H,3H2,1-2H3. The fourth-order valence-corrected chi connectivity index (χ4v) is 0.839. The first-order valence-corrected chi connectivity index (χ1v) is 3.71. The number of anilines is 1. The second-order valence-electron chi connectivity index (χ2n) is 2.35. The highest BCUT2D eigenvalue weighted by atomic mass is 15.2. The number of aromatic nitrogens is 2. The first-order chi connectivity index (χ1) is 5.79. The highest BCUT2D eigenvalue weighted by molar-refractivity contribution is 5.48. The Morgan fingerprint density at radius 3 is 2.75 bits per heavy atom. The summed E-state index contributed by atoms with van der Waals surface area (Å²) >= 11 is 0. The molecule has 0 atom stereocenters. The number of hydrogen-bond acceptors (Lipinski definition) is 4. The van der Waals surface area contributed by atoms with Crippen molar-refractivity contribution in [3.8, 4) is 6.07 Å². The molecular formula is C8H10N4. The molecule has 0 aliphatic heterocycles. The molecule has 0 aliphatic carbocycles. The smallest absolute Gasteiger partial charge is 0.183 e. The Bertz CT molecular complexity index is 302. The molecule has 62 valence electrons. The molecule has 0 saturated heterocycles. The largest absolute Gasteiger partial charge is 0.358 e. The molecule has 1 aromatic rings. The molecule has 0 fully saturated rings. The van der Waals surface area contributed by atoms with Gasteiger partial charge in [-0.2, -0.15) is 5.26 Å². The Kier molecular flexibility index (Phi) is 2.59. The summed E-state index contributed by atoms with van der Waals surface area (Å²) in [6.07, 6.45) is 3.11. The van der Waals surface area contributed by atoms with Crippen LogP contribution in [0.4, 0.5) is 5.82 Å². The second-order valence-corrected chi connectivity index (χ2v) is 2.35. The van der Waals surface area contributed by atoms with E-state index in [9.17, 15) is 0 Å². The van der Waals surface area contributed by atoms with Crippen molar-refractivity contribution in [2.24, 2.45) is 0 Å². The maximum Gasteiger partial charge on any atom is 0.183 e. The zero-order valence-electron chi connectivity index (χ0n) is 7.15. The Labute approximate surface area is 71.5 Å². The van der Waals surface area contributed by atoms with Crippen molar-refractivity contribution >= 4 is 5.82 Å². The van der Waals surface area contributed by atoms with E-state index in [0.29, 0.717) is 11.5 Å². The van der Waals surface area contributed by atoms with Crippen LogP contribution in [0.25, 0.3) is 0 Å². The third kappa shape index (κ3) is 1.51. The van der Waals surface area contributed by atoms with Gasteiger partial charge in [0.05, 0.1) is 0 Å². The predicted molar refractivity (Wildman–Crippen MR) is 45.7 cm³/mol. The lowest BCUT2D eigenvalue weighted by molar-refractivity contribution is 0.922. The molecule has 4 nitrogen and oxygen atoms in total. The summed E-state index contributed by atoms with van der Waals surface area (Å²) < 4.78 is 0. The topological polar surface area (TPSA) is 52.8 Å². The van der Waals surface area contributed by atoms with E-state index in [2.05, 4.69) is 9.97 Å². The summed E-state index contributed by atoms with van der Waals surface area (Å²) in [5, 5.41) is 8.68. The summed E-state index contributed by atoms with van der Waals surface area (Å²) in [6, 6.07) is 2.00. The third-order valence-electron chi connectivity index (χ3n) is 1.62. The highest BCUT2D eigenvalue weighted by Crippen LogP contribution is 2.10. The average molecular weight is 162 g/mol. The molecule has 1 heterocycles. The molecule has 0 aromatic carbocycles. The van der Waals surface area contributed by atoms with Crippen LogP contribution in [-0.2, 0) is 0 Å². The van der Waals surface area contributed by atoms with Crippen LogP contribution in [0.15, 0.2) is 12.4 Å². The van der Waals surface area contributed by atoms with Crippen LogP contribution in [0.5, 0.6) is 0 Å². The van der Waals surface area contributed by atoms with Crippen LogP contribution in [-0.4, -0.2) is 23.6 Å². The van der Waals surface area contributed by atoms with Gasteiger partial charge in [0.25, 0.3) is 0 Å². The summed E-state index contributed by atoms with van der Waals surface area (Å²) in [6.45, 7) is 2.81. The third-order valence-corrected chi connectivity index (χ3v) is 1.62. The first-order valence-electron chi connectivity index (χ1n) is 3.71. The SMILES string of the molecule is CCN(C)c1nccnc1C#N. The van der Waals surface area contributed by atoms with Gasteiger partial charge in [0.1, 0.15) is 6.07 Å². The van der Waals surface area contributed by atoms with E-state index < -0.39 is 0 Å². The molecular weight excluding hydrogens is 152 g/mol. The quantitative estimate of drug-likeness (QED) is 0.645. The lowest BCUT2D eigenvalue weighted by Crippen LogP contribution is -2.18. The van der Waals surface area contributed by atoms with Gasteiger partial charge in [-0.25, -0.2) is 9.97 Å². The predicted octanol–water partition coefficient (Wildman–Crippen LogP) is 0.804. The van der Waals surface area contributed by atoms with Crippen molar-refractivity contribution in [3.05, 3.63) is 18.1 Å². The van der Waals surface area contributed by atoms with Crippen LogP contribution in [0.3, 0.4) is 0 Å². The molecule has 0 unspecified atom stereocenters. The molecule has 0 radical (unpaired) electrons. The molecule has 0 bridgehead atoms. The molecule has 0 N–H and O–H groups in total. The van der Waals surface area contributed by atoms with Gasteiger partial charge in [0.15, 0.2) is 11.5 Å². The number of hydrogen-bond donors (Lipinski definition) is 0. The number of nitriles is 1. The molecule has 0 aliphatic rings. The van der Waals surface area contributed by atoms with E-state index in [1.165, 1.54) is 6.20 Å². The summed E-state index contributed by atoms with van der Waals surface area (Å²) in [5.41, 5.74) is 0.377. The van der Waals surface area contributed by atoms with E-state index in [1.807, 2.05) is 24.9 Å². The molecule has 12 heavy (non-hydrogen) atoms. The minimum absolute atomic E-state index is 0.377. The van der Waals surface area contributed by atoms with Crippen LogP contribution in [0, 0.1) is 11.3 Å². The number of nitrogens with zero attached hydrogens (tertiary/aromatic N) is 4. The molecule has 1 aromatic heterocycles. The van der Waals surface area contributed by atoms with Crippen LogP contribution in [0.1, 0.15) is 12.6 Å². The van der Waals surface area contributed by atoms with E-state index >= 15 is 0 Å². The van der Waals surface area contributed by atoms with Crippen molar-refractivity contribution < 1.29 is 0 Å². The molecule has 1 rings (SSSR count). The van der Waals surface area contributed by atoms with Gasteiger partial charge in [0, 0.05) is 26.0 Å². The van der Waals surface area contributed by atoms with Crippen molar-refractivity contribution in [2.75, 3.05) is 18.5 Å². The van der Waals surface area contributed by atoms with Crippen LogP contribution in [0.2, 0.25) is 0 Å². The summed E-state index contributed by atoms with van der Waals surface area (Å²) in [7, 11) is 1.88. The fourth-order valence-electron chi connectivity index (χ4n) is 0.839. The van der Waals surface area contributed by atoms with Crippen molar-refractivity contribution in [1.29, 1.82) is 5.26 Å². The zero-order valence-corrected chi connectivity index (χ0v) is 7.15. The van der Waals surface area contributed by atoms with Crippen molar-refractivity contribution in [2.45, 2.75) is 6.92 Å². The van der Waals surface area contributed by atoms with E-state index in [4.69, 9.17) is 5.26 Å². The average Bonchev–Trinajstić information content (AvgIpc) is 2.16. The maximum absolute atomic E-state index is 8.68. The van der Waals surface area contributed by atoms with E-state index in [0.717, 1.165) is 6.54 Å². The van der Waals surface area contributed by atoms with Gasteiger partial charge in [-0.05, 0) is 6.92 Å². The Morgan fingerprint density at radius 2 is 2.17 bits per heavy atom. The van der Waals surface area contributed by atoms with Crippen molar-refractivity contribution in [3.63, 3.8) is 0 Å². The minimum atomic E-state index is 0.377. The highest BCUT2D eigenvalue weighted by Gasteiger charge is 2.06. The number of rotatable bonds is 2. The lowest BCUT2D eigenvalue weighted by Gasteiger charge is -2.14. The zero-order chi connectivity index (χ0) is 8.97. The Morgan fingerprint density at radius 1 is 1.50 bits per heavy atom. The molecule has 0 saturated carbocycles. The van der Waals surface area contributed by atoms with Crippen LogP contribution >= 0.6 is 0 Å². The minimum Gasteiger partial charge on any atom is -0.358 e. The summed E-state index contributed by atoms with van der Waals surface area (Å²) in [5.74, 6) is 0.641. The van der Waals surface area contributed by atoms with Gasteiger partial charge in [-0.15, -0.1) is 0 Å². The Balaban J connectivity index is 3.07. The second kappa shape index (κ2) is 3.67. The van der Waals surface area contributed by atoms with Gasteiger partial charge >= 0.3 is 0 Å². The summed E-state index contributed by atoms with van der Waals surface area (Å²) in [4.78, 5) is 9.84. The monoisotopic (exact) mass is 162 g/mol. The van der Waals surface area contributed by atoms with Gasteiger partial charge in [-0.1, -0.05) is 0 Å². The van der Waals surface area contributed by atoms with Gasteiger partial charge in [-0.3, -0.25) is 0 Å².